The Bertz CT molecular complexity index is 90.4. The zero-order valence-electron chi connectivity index (χ0n) is 4.89. The third-order valence-corrected chi connectivity index (χ3v) is 0.770. The molecule has 0 spiro atoms. The van der Waals surface area contributed by atoms with Gasteiger partial charge in [0.25, 0.3) is 0 Å². The number of ketones is 1. The Balaban J connectivity index is 3.18. The molecule has 0 fully saturated rings. The van der Waals surface area contributed by atoms with Gasteiger partial charge in [-0.05, 0) is 6.42 Å². The summed E-state index contributed by atoms with van der Waals surface area (Å²) in [6.07, 6.45) is 1.28. The highest BCUT2D eigenvalue weighted by Crippen LogP contribution is 1.87. The fraction of sp³-hybridized carbons (Fsp3) is 0.800. The maximum atomic E-state index is 10.3. The maximum absolute atomic E-state index is 10.3. The van der Waals surface area contributed by atoms with Crippen LogP contribution in [0.2, 0.25) is 0 Å². The van der Waals surface area contributed by atoms with Crippen molar-refractivity contribution in [2.45, 2.75) is 19.8 Å². The maximum Gasteiger partial charge on any atom is 0.157 e. The third kappa shape index (κ3) is 3.46. The van der Waals surface area contributed by atoms with Gasteiger partial charge in [-0.1, -0.05) is 12.1 Å². The summed E-state index contributed by atoms with van der Waals surface area (Å²) in [6.45, 7) is 1.73. The molecule has 0 aromatic carbocycles. The average molecular weight is 115 g/mol. The monoisotopic (exact) mass is 115 g/mol. The van der Waals surface area contributed by atoms with E-state index in [1.54, 1.807) is 0 Å². The molecule has 0 radical (unpaired) electrons. The van der Waals surface area contributed by atoms with Gasteiger partial charge in [0.1, 0.15) is 6.54 Å². The summed E-state index contributed by atoms with van der Waals surface area (Å²) in [5, 5.41) is 2.45. The van der Waals surface area contributed by atoms with Crippen LogP contribution in [-0.4, -0.2) is 12.3 Å². The first-order chi connectivity index (χ1) is 3.81. The number of Topliss-reactive ketones (excluding diaryl/α,β-unsaturated/α-hetero) is 1. The average Bonchev–Trinajstić information content (AvgIpc) is 1.68. The summed E-state index contributed by atoms with van der Waals surface area (Å²) in [4.78, 5) is 19.8. The van der Waals surface area contributed by atoms with Gasteiger partial charge in [0, 0.05) is 6.42 Å². The van der Waals surface area contributed by atoms with Crippen molar-refractivity contribution in [1.29, 1.82) is 0 Å². The van der Waals surface area contributed by atoms with E-state index >= 15 is 0 Å². The Morgan fingerprint density at radius 3 is 2.62 bits per heavy atom. The van der Waals surface area contributed by atoms with E-state index in [1.807, 2.05) is 6.92 Å². The van der Waals surface area contributed by atoms with Gasteiger partial charge in [0.05, 0.1) is 0 Å². The number of nitroso groups, excluding NO2 is 1. The predicted octanol–water partition coefficient (Wildman–Crippen LogP) is 1.12. The highest BCUT2D eigenvalue weighted by atomic mass is 16.3. The molecule has 0 rings (SSSR count). The molecule has 0 unspecified atom stereocenters. The molecule has 0 aliphatic heterocycles. The lowest BCUT2D eigenvalue weighted by atomic mass is 10.2. The van der Waals surface area contributed by atoms with E-state index in [0.29, 0.717) is 6.42 Å². The molecule has 0 saturated carbocycles. The van der Waals surface area contributed by atoms with Gasteiger partial charge in [-0.15, -0.1) is 0 Å². The standard InChI is InChI=1S/C5H9NO2/c1-2-3-5(7)4-6-8/h2-4H2,1H3. The molecule has 0 aromatic rings. The molecule has 8 heavy (non-hydrogen) atoms. The first-order valence-electron chi connectivity index (χ1n) is 2.62. The normalized spacial score (nSPS) is 8.62. The fourth-order valence-corrected chi connectivity index (χ4v) is 0.430. The van der Waals surface area contributed by atoms with E-state index in [4.69, 9.17) is 0 Å². The van der Waals surface area contributed by atoms with Crippen molar-refractivity contribution in [2.75, 3.05) is 6.54 Å². The van der Waals surface area contributed by atoms with E-state index in [1.165, 1.54) is 0 Å². The van der Waals surface area contributed by atoms with Crippen LogP contribution in [0.4, 0.5) is 0 Å². The van der Waals surface area contributed by atoms with E-state index in [0.717, 1.165) is 6.42 Å². The molecule has 46 valence electrons. The van der Waals surface area contributed by atoms with Gasteiger partial charge in [-0.2, -0.15) is 4.91 Å². The van der Waals surface area contributed by atoms with E-state index < -0.39 is 0 Å². The quantitative estimate of drug-likeness (QED) is 0.515. The van der Waals surface area contributed by atoms with Crippen LogP contribution in [-0.2, 0) is 4.79 Å². The lowest BCUT2D eigenvalue weighted by Crippen LogP contribution is -1.99. The number of hydrogen-bond donors (Lipinski definition) is 0. The minimum atomic E-state index is -0.159. The molecule has 0 aliphatic rings. The Hall–Kier alpha value is -0.730. The first-order valence-corrected chi connectivity index (χ1v) is 2.62. The van der Waals surface area contributed by atoms with Crippen LogP contribution in [0.3, 0.4) is 0 Å². The molecule has 0 saturated heterocycles. The van der Waals surface area contributed by atoms with Crippen LogP contribution in [0.25, 0.3) is 0 Å². The predicted molar refractivity (Wildman–Crippen MR) is 30.6 cm³/mol. The van der Waals surface area contributed by atoms with E-state index in [9.17, 15) is 9.70 Å². The van der Waals surface area contributed by atoms with Crippen LogP contribution >= 0.6 is 0 Å². The van der Waals surface area contributed by atoms with Gasteiger partial charge < -0.3 is 0 Å². The number of carbonyl (C=O) groups excluding carboxylic acids is 1. The highest BCUT2D eigenvalue weighted by Gasteiger charge is 1.96. The minimum absolute atomic E-state index is 0.0671. The van der Waals surface area contributed by atoms with Crippen molar-refractivity contribution >= 4 is 5.78 Å². The summed E-state index contributed by atoms with van der Waals surface area (Å²) in [7, 11) is 0. The molecule has 0 heterocycles. The first kappa shape index (κ1) is 7.27. The summed E-state index contributed by atoms with van der Waals surface area (Å²) >= 11 is 0. The van der Waals surface area contributed by atoms with Gasteiger partial charge >= 0.3 is 0 Å². The van der Waals surface area contributed by atoms with Crippen molar-refractivity contribution in [3.63, 3.8) is 0 Å². The summed E-state index contributed by atoms with van der Waals surface area (Å²) in [6, 6.07) is 0. The number of nitrogens with zero attached hydrogens (tertiary/aromatic N) is 1. The molecule has 0 atom stereocenters. The van der Waals surface area contributed by atoms with Crippen molar-refractivity contribution in [3.05, 3.63) is 4.91 Å². The van der Waals surface area contributed by atoms with Crippen molar-refractivity contribution in [3.8, 4) is 0 Å². The second kappa shape index (κ2) is 4.43. The number of carbonyl (C=O) groups is 1. The smallest absolute Gasteiger partial charge is 0.157 e. The zero-order valence-corrected chi connectivity index (χ0v) is 4.89. The summed E-state index contributed by atoms with van der Waals surface area (Å²) in [5.41, 5.74) is 0. The van der Waals surface area contributed by atoms with Crippen molar-refractivity contribution < 1.29 is 4.79 Å². The van der Waals surface area contributed by atoms with Crippen LogP contribution in [0.5, 0.6) is 0 Å². The molecule has 3 heteroatoms. The third-order valence-electron chi connectivity index (χ3n) is 0.770. The van der Waals surface area contributed by atoms with E-state index in [-0.39, 0.29) is 12.3 Å². The van der Waals surface area contributed by atoms with Gasteiger partial charge in [0.2, 0.25) is 0 Å². The van der Waals surface area contributed by atoms with Gasteiger partial charge in [-0.3, -0.25) is 4.79 Å². The Morgan fingerprint density at radius 1 is 1.62 bits per heavy atom. The number of rotatable bonds is 4. The topological polar surface area (TPSA) is 46.5 Å². The molecule has 0 N–H and O–H groups in total. The summed E-state index contributed by atoms with van der Waals surface area (Å²) in [5.74, 6) is -0.0671. The van der Waals surface area contributed by atoms with E-state index in [2.05, 4.69) is 5.18 Å². The van der Waals surface area contributed by atoms with Crippen LogP contribution in [0.1, 0.15) is 19.8 Å². The van der Waals surface area contributed by atoms with Gasteiger partial charge in [0.15, 0.2) is 5.78 Å². The molecular formula is C5H9NO2. The molecule has 0 aliphatic carbocycles. The second-order valence-corrected chi connectivity index (χ2v) is 1.58. The fourth-order valence-electron chi connectivity index (χ4n) is 0.430. The highest BCUT2D eigenvalue weighted by molar-refractivity contribution is 5.80. The molecule has 0 bridgehead atoms. The largest absolute Gasteiger partial charge is 0.297 e. The van der Waals surface area contributed by atoms with Crippen LogP contribution in [0.15, 0.2) is 5.18 Å². The molecule has 0 aromatic heterocycles. The van der Waals surface area contributed by atoms with Crippen LogP contribution in [0, 0.1) is 4.91 Å². The Kier molecular flexibility index (Phi) is 4.03. The minimum Gasteiger partial charge on any atom is -0.297 e. The lowest BCUT2D eigenvalue weighted by Gasteiger charge is -1.86. The van der Waals surface area contributed by atoms with Crippen molar-refractivity contribution in [2.24, 2.45) is 5.18 Å². The summed E-state index contributed by atoms with van der Waals surface area (Å²) < 4.78 is 0. The lowest BCUT2D eigenvalue weighted by molar-refractivity contribution is -0.117. The number of hydrogen-bond acceptors (Lipinski definition) is 3. The van der Waals surface area contributed by atoms with Gasteiger partial charge in [-0.25, -0.2) is 0 Å². The zero-order chi connectivity index (χ0) is 6.41. The molecule has 3 nitrogen and oxygen atoms in total. The molecule has 0 amide bonds. The Labute approximate surface area is 48.1 Å². The second-order valence-electron chi connectivity index (χ2n) is 1.58. The molecular weight excluding hydrogens is 106 g/mol. The SMILES string of the molecule is CCCC(=O)CN=O. The van der Waals surface area contributed by atoms with Crippen LogP contribution < -0.4 is 0 Å². The van der Waals surface area contributed by atoms with Crippen molar-refractivity contribution in [1.82, 2.24) is 0 Å². The Morgan fingerprint density at radius 2 is 2.25 bits per heavy atom.